The zero-order chi connectivity index (χ0) is 34.1. The number of aromatic carboxylic acids is 1. The number of hydrogen-bond acceptors (Lipinski definition) is 7. The van der Waals surface area contributed by atoms with Gasteiger partial charge >= 0.3 is 17.3 Å². The normalized spacial score (nSPS) is 9.67. The molecule has 4 aromatic carbocycles. The Morgan fingerprint density at radius 1 is 0.800 bits per heavy atom. The van der Waals surface area contributed by atoms with Gasteiger partial charge in [0.2, 0.25) is 11.6 Å². The number of hydrogen-bond donors (Lipinski definition) is 2. The Morgan fingerprint density at radius 3 is 1.62 bits per heavy atom. The zero-order valence-electron chi connectivity index (χ0n) is 24.2. The summed E-state index contributed by atoms with van der Waals surface area (Å²) in [6, 6.07) is 20.2. The molecular formula is C29H24BCl2F2N3O7U. The van der Waals surface area contributed by atoms with E-state index in [1.807, 2.05) is 36.4 Å². The molecule has 0 fully saturated rings. The summed E-state index contributed by atoms with van der Waals surface area (Å²) in [6.07, 6.45) is 0.566. The van der Waals surface area contributed by atoms with E-state index in [4.69, 9.17) is 35.4 Å². The van der Waals surface area contributed by atoms with Gasteiger partial charge in [-0.05, 0) is 55.3 Å². The summed E-state index contributed by atoms with van der Waals surface area (Å²) in [4.78, 5) is 41.4. The van der Waals surface area contributed by atoms with Crippen LogP contribution < -0.4 is 5.73 Å². The van der Waals surface area contributed by atoms with Crippen LogP contribution in [-0.4, -0.2) is 36.4 Å². The van der Waals surface area contributed by atoms with Crippen LogP contribution in [0.15, 0.2) is 84.9 Å². The largest absolute Gasteiger partial charge is 0.478 e. The number of carbonyl (C=O) groups is 2. The SMILES string of the molecule is NCc1ccccc1Cl.O=C(CCc1ccccc1Cl)c1ccc(F)c([N+](=O)[O-])c1.O=C(O)c1ccc(F)c([N+](=O)[O-])c1.[3H][B].[U]. The molecule has 10 nitrogen and oxygen atoms in total. The Labute approximate surface area is 293 Å². The zero-order valence-corrected chi connectivity index (χ0v) is 28.8. The van der Waals surface area contributed by atoms with Gasteiger partial charge in [-0.1, -0.05) is 59.6 Å². The van der Waals surface area contributed by atoms with Crippen molar-refractivity contribution in [1.29, 1.82) is 1.34 Å². The monoisotopic (exact) mass is 885 g/mol. The van der Waals surface area contributed by atoms with Gasteiger partial charge < -0.3 is 10.8 Å². The molecule has 0 unspecified atom stereocenters. The first kappa shape index (κ1) is 39.4. The molecule has 4 aromatic rings. The average molecular weight is 886 g/mol. The Balaban J connectivity index is 0.000000693. The second kappa shape index (κ2) is 20.4. The molecule has 0 spiro atoms. The van der Waals surface area contributed by atoms with Crippen LogP contribution in [0, 0.1) is 63.0 Å². The van der Waals surface area contributed by atoms with E-state index in [9.17, 15) is 38.6 Å². The quantitative estimate of drug-likeness (QED) is 0.0846. The Bertz CT molecular complexity index is 1660. The Hall–Kier alpha value is -3.66. The molecule has 0 aromatic heterocycles. The first-order valence-corrected chi connectivity index (χ1v) is 12.9. The topological polar surface area (TPSA) is 167 Å². The fourth-order valence-corrected chi connectivity index (χ4v) is 3.81. The van der Waals surface area contributed by atoms with Crippen LogP contribution in [-0.2, 0) is 13.0 Å². The van der Waals surface area contributed by atoms with E-state index in [-0.39, 0.29) is 54.4 Å². The molecule has 3 N–H and O–H groups in total. The van der Waals surface area contributed by atoms with Crippen molar-refractivity contribution < 1.29 is 64.4 Å². The number of carboxylic acids is 1. The van der Waals surface area contributed by atoms with Crippen molar-refractivity contribution >= 4 is 54.7 Å². The van der Waals surface area contributed by atoms with E-state index in [0.29, 0.717) is 24.1 Å². The van der Waals surface area contributed by atoms with Gasteiger partial charge in [-0.15, -0.1) is 0 Å². The molecule has 0 saturated heterocycles. The number of nitro benzene ring substituents is 2. The second-order valence-corrected chi connectivity index (χ2v) is 9.28. The second-order valence-electron chi connectivity index (χ2n) is 8.46. The van der Waals surface area contributed by atoms with E-state index < -0.39 is 38.8 Å². The number of carbonyl (C=O) groups excluding carboxylic acids is 1. The number of rotatable bonds is 8. The smallest absolute Gasteiger partial charge is 0.335 e. The third-order valence-electron chi connectivity index (χ3n) is 5.61. The van der Waals surface area contributed by atoms with Gasteiger partial charge in [-0.2, -0.15) is 8.78 Å². The summed E-state index contributed by atoms with van der Waals surface area (Å²) in [7, 11) is 3.75. The number of Topliss-reactive ketones (excluding diaryl/α,β-unsaturated/α-hetero) is 1. The van der Waals surface area contributed by atoms with E-state index in [1.54, 1.807) is 12.1 Å². The summed E-state index contributed by atoms with van der Waals surface area (Å²) in [5, 5.41) is 30.6. The average Bonchev–Trinajstić information content (AvgIpc) is 3.02. The molecule has 45 heavy (non-hydrogen) atoms. The molecule has 0 aliphatic heterocycles. The number of ketones is 1. The van der Waals surface area contributed by atoms with Crippen LogP contribution in [0.3, 0.4) is 0 Å². The van der Waals surface area contributed by atoms with Crippen LogP contribution in [0.4, 0.5) is 20.2 Å². The number of halogens is 4. The molecule has 16 heteroatoms. The van der Waals surface area contributed by atoms with E-state index >= 15 is 0 Å². The van der Waals surface area contributed by atoms with Crippen molar-refractivity contribution in [2.75, 3.05) is 0 Å². The molecule has 232 valence electrons. The molecule has 2 radical (unpaired) electrons. The van der Waals surface area contributed by atoms with Crippen molar-refractivity contribution in [2.24, 2.45) is 5.73 Å². The minimum absolute atomic E-state index is 0. The van der Waals surface area contributed by atoms with E-state index in [2.05, 4.69) is 8.38 Å². The first-order valence-electron chi connectivity index (χ1n) is 12.7. The van der Waals surface area contributed by atoms with E-state index in [0.717, 1.165) is 40.4 Å². The van der Waals surface area contributed by atoms with Crippen LogP contribution in [0.25, 0.3) is 0 Å². The van der Waals surface area contributed by atoms with Crippen molar-refractivity contribution in [2.45, 2.75) is 19.4 Å². The van der Waals surface area contributed by atoms with Gasteiger partial charge in [-0.3, -0.25) is 25.0 Å². The molecule has 4 rings (SSSR count). The minimum Gasteiger partial charge on any atom is -0.478 e. The summed E-state index contributed by atoms with van der Waals surface area (Å²) < 4.78 is 31.1. The fourth-order valence-electron chi connectivity index (χ4n) is 3.37. The molecular weight excluding hydrogens is 860 g/mol. The summed E-state index contributed by atoms with van der Waals surface area (Å²) in [5.41, 5.74) is 5.47. The van der Waals surface area contributed by atoms with E-state index in [1.165, 1.54) is 6.07 Å². The predicted octanol–water partition coefficient (Wildman–Crippen LogP) is 6.79. The molecule has 0 heterocycles. The maximum absolute atomic E-state index is 13.2. The standard InChI is InChI=1S/C15H11ClFNO3.C7H8ClN.C7H4FNO4.BH.U/c16-12-4-2-1-3-10(12)6-8-15(19)11-5-7-13(17)14(9-11)18(20)21;8-7-4-2-1-3-6(7)5-9;8-5-2-1-4(7(10)11)3-6(5)9(12)13;;/h1-5,7,9H,6,8H2;1-4H,5,9H2;1-3H,(H,10,11);1H;/i;;;1T;. The number of carboxylic acid groups (broad SMARTS) is 1. The van der Waals surface area contributed by atoms with Gasteiger partial charge in [0.15, 0.2) is 5.78 Å². The predicted molar refractivity (Wildman–Crippen MR) is 164 cm³/mol. The van der Waals surface area contributed by atoms with Crippen molar-refractivity contribution in [3.05, 3.63) is 149 Å². The van der Waals surface area contributed by atoms with Crippen LogP contribution in [0.5, 0.6) is 0 Å². The molecule has 0 saturated carbocycles. The van der Waals surface area contributed by atoms with Crippen LogP contribution >= 0.6 is 23.2 Å². The van der Waals surface area contributed by atoms with Crippen LogP contribution in [0.1, 0.15) is 38.3 Å². The summed E-state index contributed by atoms with van der Waals surface area (Å²) in [6.45, 7) is 0.514. The van der Waals surface area contributed by atoms with Gasteiger partial charge in [0.05, 0.1) is 15.4 Å². The maximum atomic E-state index is 13.2. The summed E-state index contributed by atoms with van der Waals surface area (Å²) in [5.74, 6) is -3.63. The number of benzene rings is 4. The fraction of sp³-hybridized carbons (Fsp3) is 0.103. The van der Waals surface area contributed by atoms with Gasteiger partial charge in [0, 0.05) is 80.2 Å². The number of aryl methyl sites for hydroxylation is 1. The molecule has 0 amide bonds. The Kier molecular flexibility index (Phi) is 17.8. The van der Waals surface area contributed by atoms with Crippen molar-refractivity contribution in [3.8, 4) is 0 Å². The van der Waals surface area contributed by atoms with Gasteiger partial charge in [-0.25, -0.2) is 4.79 Å². The van der Waals surface area contributed by atoms with Crippen molar-refractivity contribution in [1.82, 2.24) is 0 Å². The molecule has 0 aliphatic carbocycles. The first-order chi connectivity index (χ1) is 21.3. The molecule has 0 bridgehead atoms. The number of nitrogens with two attached hydrogens (primary N) is 1. The van der Waals surface area contributed by atoms with Crippen molar-refractivity contribution in [3.63, 3.8) is 0 Å². The van der Waals surface area contributed by atoms with Crippen LogP contribution in [0.2, 0.25) is 10.0 Å². The maximum Gasteiger partial charge on any atom is 0.335 e. The number of nitrogens with zero attached hydrogens (tertiary/aromatic N) is 2. The molecule has 0 aliphatic rings. The van der Waals surface area contributed by atoms with Gasteiger partial charge in [0.25, 0.3) is 0 Å². The van der Waals surface area contributed by atoms with Gasteiger partial charge in [0.1, 0.15) is 0 Å². The number of nitro groups is 2. The minimum atomic E-state index is -1.33. The summed E-state index contributed by atoms with van der Waals surface area (Å²) >= 11 is 11.7. The molecule has 0 atom stereocenters. The Morgan fingerprint density at radius 2 is 1.22 bits per heavy atom. The third kappa shape index (κ3) is 13.1. The third-order valence-corrected chi connectivity index (χ3v) is 6.35.